The predicted molar refractivity (Wildman–Crippen MR) is 81.8 cm³/mol. The monoisotopic (exact) mass is 305 g/mol. The van der Waals surface area contributed by atoms with E-state index in [0.717, 1.165) is 24.3 Å². The number of methoxy groups -OCH3 is 1. The van der Waals surface area contributed by atoms with Crippen LogP contribution in [0.15, 0.2) is 24.3 Å². The Morgan fingerprint density at radius 2 is 2.23 bits per heavy atom. The molecule has 2 aliphatic rings. The molecule has 0 radical (unpaired) electrons. The van der Waals surface area contributed by atoms with Crippen molar-refractivity contribution in [3.05, 3.63) is 29.8 Å². The fourth-order valence-electron chi connectivity index (χ4n) is 3.52. The number of carbonyl (C=O) groups excluding carboxylic acids is 1. The molecule has 5 heteroatoms. The topological polar surface area (TPSA) is 56.8 Å². The van der Waals surface area contributed by atoms with Gasteiger partial charge in [-0.15, -0.1) is 0 Å². The number of nitrogens with one attached hydrogen (secondary N) is 1. The van der Waals surface area contributed by atoms with Gasteiger partial charge in [-0.1, -0.05) is 18.2 Å². The summed E-state index contributed by atoms with van der Waals surface area (Å²) in [6.45, 7) is 3.40. The number of carbonyl (C=O) groups is 1. The van der Waals surface area contributed by atoms with Crippen LogP contribution < -0.4 is 10.1 Å². The zero-order chi connectivity index (χ0) is 15.5. The minimum Gasteiger partial charge on any atom is -0.484 e. The van der Waals surface area contributed by atoms with Crippen LogP contribution >= 0.6 is 0 Å². The highest BCUT2D eigenvalue weighted by molar-refractivity contribution is 5.78. The van der Waals surface area contributed by atoms with Crippen molar-refractivity contribution in [2.45, 2.75) is 25.5 Å². The van der Waals surface area contributed by atoms with E-state index in [2.05, 4.69) is 5.32 Å². The highest BCUT2D eigenvalue weighted by atomic mass is 16.5. The SMILES string of the molecule is COCC1C(NC(=O)COc2ccccc2C)C2CCOC21. The Hall–Kier alpha value is -1.59. The van der Waals surface area contributed by atoms with Crippen molar-refractivity contribution in [3.8, 4) is 5.75 Å². The summed E-state index contributed by atoms with van der Waals surface area (Å²) in [5.74, 6) is 1.34. The van der Waals surface area contributed by atoms with Crippen LogP contribution in [0.1, 0.15) is 12.0 Å². The highest BCUT2D eigenvalue weighted by Crippen LogP contribution is 2.43. The second kappa shape index (κ2) is 6.67. The molecular weight excluding hydrogens is 282 g/mol. The Balaban J connectivity index is 1.52. The molecule has 2 fully saturated rings. The molecule has 0 spiro atoms. The van der Waals surface area contributed by atoms with Gasteiger partial charge in [0.1, 0.15) is 5.75 Å². The molecule has 0 aromatic heterocycles. The molecule has 1 aromatic carbocycles. The average molecular weight is 305 g/mol. The number of aryl methyl sites for hydroxylation is 1. The second-order valence-electron chi connectivity index (χ2n) is 6.05. The fraction of sp³-hybridized carbons (Fsp3) is 0.588. The number of hydrogen-bond acceptors (Lipinski definition) is 4. The lowest BCUT2D eigenvalue weighted by molar-refractivity contribution is -0.131. The summed E-state index contributed by atoms with van der Waals surface area (Å²) in [4.78, 5) is 12.2. The van der Waals surface area contributed by atoms with Gasteiger partial charge >= 0.3 is 0 Å². The van der Waals surface area contributed by atoms with Crippen molar-refractivity contribution in [1.82, 2.24) is 5.32 Å². The number of benzene rings is 1. The van der Waals surface area contributed by atoms with Crippen LogP contribution in [-0.2, 0) is 14.3 Å². The zero-order valence-corrected chi connectivity index (χ0v) is 13.1. The molecule has 1 aliphatic heterocycles. The van der Waals surface area contributed by atoms with Gasteiger partial charge in [-0.2, -0.15) is 0 Å². The number of rotatable bonds is 6. The van der Waals surface area contributed by atoms with Crippen molar-refractivity contribution < 1.29 is 19.0 Å². The summed E-state index contributed by atoms with van der Waals surface area (Å²) in [7, 11) is 1.68. The van der Waals surface area contributed by atoms with E-state index >= 15 is 0 Å². The molecule has 1 amide bonds. The molecule has 1 N–H and O–H groups in total. The third-order valence-corrected chi connectivity index (χ3v) is 4.67. The van der Waals surface area contributed by atoms with Gasteiger partial charge in [0.2, 0.25) is 0 Å². The van der Waals surface area contributed by atoms with Crippen LogP contribution in [0.3, 0.4) is 0 Å². The number of fused-ring (bicyclic) bond motifs is 1. The summed E-state index contributed by atoms with van der Waals surface area (Å²) < 4.78 is 16.6. The van der Waals surface area contributed by atoms with Crippen LogP contribution in [0.4, 0.5) is 0 Å². The van der Waals surface area contributed by atoms with Gasteiger partial charge in [-0.05, 0) is 25.0 Å². The number of ether oxygens (including phenoxy) is 3. The molecule has 1 aromatic rings. The maximum absolute atomic E-state index is 12.2. The molecule has 22 heavy (non-hydrogen) atoms. The van der Waals surface area contributed by atoms with E-state index < -0.39 is 0 Å². The minimum absolute atomic E-state index is 0.0410. The first-order chi connectivity index (χ1) is 10.7. The molecule has 3 rings (SSSR count). The number of hydrogen-bond donors (Lipinski definition) is 1. The Morgan fingerprint density at radius 1 is 1.41 bits per heavy atom. The first-order valence-electron chi connectivity index (χ1n) is 7.79. The summed E-state index contributed by atoms with van der Waals surface area (Å²) >= 11 is 0. The van der Waals surface area contributed by atoms with Gasteiger partial charge in [0.15, 0.2) is 6.61 Å². The van der Waals surface area contributed by atoms with E-state index in [9.17, 15) is 4.79 Å². The molecule has 0 bridgehead atoms. The molecule has 1 aliphatic carbocycles. The lowest BCUT2D eigenvalue weighted by Gasteiger charge is -2.47. The third-order valence-electron chi connectivity index (χ3n) is 4.67. The summed E-state index contributed by atoms with van der Waals surface area (Å²) in [6.07, 6.45) is 1.25. The normalized spacial score (nSPS) is 29.5. The molecule has 5 nitrogen and oxygen atoms in total. The Morgan fingerprint density at radius 3 is 3.00 bits per heavy atom. The van der Waals surface area contributed by atoms with Crippen LogP contribution in [0, 0.1) is 18.8 Å². The molecular formula is C17H23NO4. The van der Waals surface area contributed by atoms with Gasteiger partial charge in [0.05, 0.1) is 12.7 Å². The summed E-state index contributed by atoms with van der Waals surface area (Å²) in [5, 5.41) is 3.09. The minimum atomic E-state index is -0.0836. The van der Waals surface area contributed by atoms with Gasteiger partial charge in [-0.3, -0.25) is 4.79 Å². The Labute approximate surface area is 130 Å². The van der Waals surface area contributed by atoms with E-state index in [1.54, 1.807) is 7.11 Å². The smallest absolute Gasteiger partial charge is 0.258 e. The Bertz CT molecular complexity index is 533. The van der Waals surface area contributed by atoms with Crippen LogP contribution in [0.25, 0.3) is 0 Å². The second-order valence-corrected chi connectivity index (χ2v) is 6.05. The van der Waals surface area contributed by atoms with Crippen molar-refractivity contribution in [2.75, 3.05) is 26.9 Å². The summed E-state index contributed by atoms with van der Waals surface area (Å²) in [5.41, 5.74) is 1.03. The van der Waals surface area contributed by atoms with Gasteiger partial charge in [0, 0.05) is 31.6 Å². The standard InChI is InChI=1S/C17H23NO4/c1-11-5-3-4-6-14(11)22-10-15(19)18-16-12-7-8-21-17(12)13(16)9-20-2/h3-6,12-13,16-17H,7-10H2,1-2H3,(H,18,19). The van der Waals surface area contributed by atoms with Crippen molar-refractivity contribution in [3.63, 3.8) is 0 Å². The number of para-hydroxylation sites is 1. The predicted octanol–water partition coefficient (Wildman–Crippen LogP) is 1.54. The van der Waals surface area contributed by atoms with E-state index in [0.29, 0.717) is 12.5 Å². The lowest BCUT2D eigenvalue weighted by atomic mass is 9.67. The van der Waals surface area contributed by atoms with Crippen LogP contribution in [-0.4, -0.2) is 45.0 Å². The molecule has 120 valence electrons. The van der Waals surface area contributed by atoms with E-state index in [1.807, 2.05) is 31.2 Å². The van der Waals surface area contributed by atoms with Gasteiger partial charge in [-0.25, -0.2) is 0 Å². The van der Waals surface area contributed by atoms with Crippen LogP contribution in [0.5, 0.6) is 5.75 Å². The first-order valence-corrected chi connectivity index (χ1v) is 7.79. The fourth-order valence-corrected chi connectivity index (χ4v) is 3.52. The lowest BCUT2D eigenvalue weighted by Crippen LogP contribution is -2.63. The van der Waals surface area contributed by atoms with Crippen molar-refractivity contribution in [1.29, 1.82) is 0 Å². The third kappa shape index (κ3) is 2.96. The highest BCUT2D eigenvalue weighted by Gasteiger charge is 2.54. The maximum atomic E-state index is 12.2. The molecule has 1 saturated carbocycles. The first kappa shape index (κ1) is 15.3. The van der Waals surface area contributed by atoms with E-state index in [4.69, 9.17) is 14.2 Å². The quantitative estimate of drug-likeness (QED) is 0.866. The van der Waals surface area contributed by atoms with Crippen molar-refractivity contribution in [2.24, 2.45) is 11.8 Å². The van der Waals surface area contributed by atoms with E-state index in [-0.39, 0.29) is 30.6 Å². The van der Waals surface area contributed by atoms with Crippen LogP contribution in [0.2, 0.25) is 0 Å². The van der Waals surface area contributed by atoms with Gasteiger partial charge in [0.25, 0.3) is 5.91 Å². The van der Waals surface area contributed by atoms with E-state index in [1.165, 1.54) is 0 Å². The molecule has 4 atom stereocenters. The maximum Gasteiger partial charge on any atom is 0.258 e. The molecule has 1 saturated heterocycles. The van der Waals surface area contributed by atoms with Crippen molar-refractivity contribution >= 4 is 5.91 Å². The van der Waals surface area contributed by atoms with Gasteiger partial charge < -0.3 is 19.5 Å². The zero-order valence-electron chi connectivity index (χ0n) is 13.1. The largest absolute Gasteiger partial charge is 0.484 e. The molecule has 1 heterocycles. The molecule has 4 unspecified atom stereocenters. The average Bonchev–Trinajstić information content (AvgIpc) is 2.94. The summed E-state index contributed by atoms with van der Waals surface area (Å²) in [6, 6.07) is 7.84. The number of amides is 1. The Kier molecular flexibility index (Phi) is 4.64.